The highest BCUT2D eigenvalue weighted by Crippen LogP contribution is 2.33. The normalized spacial score (nSPS) is 11.5. The highest BCUT2D eigenvalue weighted by atomic mass is 32.2. The molecule has 0 amide bonds. The van der Waals surface area contributed by atoms with E-state index in [1.807, 2.05) is 6.92 Å². The van der Waals surface area contributed by atoms with Crippen LogP contribution in [-0.2, 0) is 10.1 Å². The van der Waals surface area contributed by atoms with Gasteiger partial charge in [0, 0.05) is 6.07 Å². The fraction of sp³-hybridized carbons (Fsp3) is 0.267. The summed E-state index contributed by atoms with van der Waals surface area (Å²) >= 11 is 0. The van der Waals surface area contributed by atoms with E-state index in [1.54, 1.807) is 38.2 Å². The third-order valence-corrected chi connectivity index (χ3v) is 4.73. The molecule has 0 bridgehead atoms. The lowest BCUT2D eigenvalue weighted by atomic mass is 9.96. The highest BCUT2D eigenvalue weighted by Gasteiger charge is 2.23. The average Bonchev–Trinajstić information content (AvgIpc) is 2.38. The van der Waals surface area contributed by atoms with Gasteiger partial charge in [0.2, 0.25) is 11.9 Å². The molecule has 2 rings (SSSR count). The molecule has 0 unspecified atom stereocenters. The summed E-state index contributed by atoms with van der Waals surface area (Å²) in [6.07, 6.45) is 1.61. The molecule has 0 saturated heterocycles. The lowest BCUT2D eigenvalue weighted by Gasteiger charge is -2.18. The van der Waals surface area contributed by atoms with Gasteiger partial charge in [0.25, 0.3) is 0 Å². The number of rotatable bonds is 3. The van der Waals surface area contributed by atoms with E-state index in [-0.39, 0.29) is 4.90 Å². The van der Waals surface area contributed by atoms with Gasteiger partial charge in [-0.15, -0.1) is 0 Å². The summed E-state index contributed by atoms with van der Waals surface area (Å²) in [7, 11) is -3.04. The number of aryl methyl sites for hydroxylation is 2. The molecule has 0 aliphatic rings. The predicted octanol–water partition coefficient (Wildman–Crippen LogP) is 1.19. The van der Waals surface area contributed by atoms with Gasteiger partial charge in [-0.1, -0.05) is 10.7 Å². The first-order valence-corrected chi connectivity index (χ1v) is 7.99. The van der Waals surface area contributed by atoms with Gasteiger partial charge in [0.15, 0.2) is 0 Å². The summed E-state index contributed by atoms with van der Waals surface area (Å²) < 4.78 is 41.2. The van der Waals surface area contributed by atoms with E-state index < -0.39 is 10.1 Å². The van der Waals surface area contributed by atoms with Gasteiger partial charge >= 0.3 is 0 Å². The van der Waals surface area contributed by atoms with E-state index in [9.17, 15) is 13.0 Å². The number of benzene rings is 1. The molecule has 0 spiro atoms. The van der Waals surface area contributed by atoms with E-state index in [1.165, 1.54) is 11.8 Å². The molecule has 0 aliphatic heterocycles. The molecule has 0 aliphatic carbocycles. The maximum atomic E-state index is 11.6. The fourth-order valence-corrected chi connectivity index (χ4v) is 3.70. The highest BCUT2D eigenvalue weighted by molar-refractivity contribution is 7.85. The van der Waals surface area contributed by atoms with E-state index in [4.69, 9.17) is 10.6 Å². The zero-order valence-corrected chi connectivity index (χ0v) is 13.7. The van der Waals surface area contributed by atoms with Crippen molar-refractivity contribution in [1.29, 1.82) is 0 Å². The van der Waals surface area contributed by atoms with Crippen LogP contribution in [0.3, 0.4) is 0 Å². The second kappa shape index (κ2) is 5.58. The fourth-order valence-electron chi connectivity index (χ4n) is 2.77. The van der Waals surface area contributed by atoms with Crippen molar-refractivity contribution in [2.45, 2.75) is 25.7 Å². The Morgan fingerprint density at radius 3 is 2.36 bits per heavy atom. The number of nitrogens with zero attached hydrogens (tertiary/aromatic N) is 1. The Balaban J connectivity index is 2.88. The van der Waals surface area contributed by atoms with Gasteiger partial charge in [0.05, 0.1) is 23.6 Å². The van der Waals surface area contributed by atoms with Gasteiger partial charge in [-0.05, 0) is 37.5 Å². The molecule has 0 saturated carbocycles. The van der Waals surface area contributed by atoms with Crippen molar-refractivity contribution in [2.75, 3.05) is 13.0 Å². The lowest BCUT2D eigenvalue weighted by Crippen LogP contribution is -2.46. The van der Waals surface area contributed by atoms with Crippen molar-refractivity contribution in [3.63, 3.8) is 0 Å². The molecular formula is C15H18N2O4S. The van der Waals surface area contributed by atoms with Gasteiger partial charge in [-0.2, -0.15) is 0 Å². The molecule has 0 atom stereocenters. The van der Waals surface area contributed by atoms with Gasteiger partial charge in [0.1, 0.15) is 15.9 Å². The van der Waals surface area contributed by atoms with Crippen molar-refractivity contribution in [3.8, 4) is 17.0 Å². The second-order valence-corrected chi connectivity index (χ2v) is 6.47. The van der Waals surface area contributed by atoms with Crippen LogP contribution in [0.15, 0.2) is 29.3 Å². The van der Waals surface area contributed by atoms with Crippen molar-refractivity contribution >= 4 is 10.1 Å². The number of ether oxygens (including phenoxy) is 1. The first kappa shape index (κ1) is 16.3. The molecule has 2 aromatic rings. The summed E-state index contributed by atoms with van der Waals surface area (Å²) in [6, 6.07) is 5.06. The minimum absolute atomic E-state index is 0.198. The zero-order valence-electron chi connectivity index (χ0n) is 12.9. The first-order valence-electron chi connectivity index (χ1n) is 6.58. The first-order chi connectivity index (χ1) is 10.2. The number of nitrogens with two attached hydrogens (primary N) is 1. The predicted molar refractivity (Wildman–Crippen MR) is 80.9 cm³/mol. The molecule has 0 fully saturated rings. The van der Waals surface area contributed by atoms with E-state index >= 15 is 0 Å². The van der Waals surface area contributed by atoms with Crippen molar-refractivity contribution in [2.24, 2.45) is 0 Å². The minimum Gasteiger partial charge on any atom is -0.744 e. The number of hydrogen-bond acceptors (Lipinski definition) is 5. The van der Waals surface area contributed by atoms with Crippen LogP contribution in [0, 0.1) is 20.8 Å². The van der Waals surface area contributed by atoms with Crippen LogP contribution in [0.5, 0.6) is 5.75 Å². The smallest absolute Gasteiger partial charge is 0.246 e. The zero-order chi connectivity index (χ0) is 16.7. The molecule has 1 aromatic heterocycles. The van der Waals surface area contributed by atoms with Gasteiger partial charge < -0.3 is 9.29 Å². The van der Waals surface area contributed by atoms with Crippen LogP contribution in [-0.4, -0.2) is 20.1 Å². The van der Waals surface area contributed by atoms with E-state index in [0.717, 1.165) is 5.56 Å². The topological polar surface area (TPSA) is 96.3 Å². The molecular weight excluding hydrogens is 304 g/mol. The molecule has 7 heteroatoms. The molecule has 1 heterocycles. The molecule has 22 heavy (non-hydrogen) atoms. The van der Waals surface area contributed by atoms with Crippen LogP contribution in [0.1, 0.15) is 16.7 Å². The molecule has 6 nitrogen and oxygen atoms in total. The lowest BCUT2D eigenvalue weighted by molar-refractivity contribution is -0.627. The van der Waals surface area contributed by atoms with Gasteiger partial charge in [-0.25, -0.2) is 14.3 Å². The van der Waals surface area contributed by atoms with Crippen molar-refractivity contribution in [1.82, 2.24) is 0 Å². The van der Waals surface area contributed by atoms with Crippen LogP contribution in [0.25, 0.3) is 11.3 Å². The molecule has 0 radical (unpaired) electrons. The maximum Gasteiger partial charge on any atom is 0.246 e. The molecule has 1 aromatic carbocycles. The number of aromatic nitrogens is 1. The van der Waals surface area contributed by atoms with E-state index in [2.05, 4.69) is 0 Å². The van der Waals surface area contributed by atoms with Crippen LogP contribution in [0.2, 0.25) is 0 Å². The summed E-state index contributed by atoms with van der Waals surface area (Å²) in [5.41, 5.74) is 2.83. The average molecular weight is 322 g/mol. The number of methoxy groups -OCH3 is 1. The monoisotopic (exact) mass is 322 g/mol. The Hall–Kier alpha value is -2.12. The minimum atomic E-state index is -4.57. The van der Waals surface area contributed by atoms with Crippen LogP contribution < -0.4 is 15.3 Å². The molecule has 2 N–H and O–H groups in total. The number of hydrogen-bond donors (Lipinski definition) is 1. The third-order valence-electron chi connectivity index (χ3n) is 3.60. The van der Waals surface area contributed by atoms with Crippen LogP contribution in [0.4, 0.5) is 0 Å². The number of pyridine rings is 1. The summed E-state index contributed by atoms with van der Waals surface area (Å²) in [5, 5.41) is 0. The Bertz CT molecular complexity index is 845. The summed E-state index contributed by atoms with van der Waals surface area (Å²) in [6.45, 7) is 5.06. The Morgan fingerprint density at radius 2 is 1.82 bits per heavy atom. The summed E-state index contributed by atoms with van der Waals surface area (Å²) in [4.78, 5) is -0.198. The second-order valence-electron chi connectivity index (χ2n) is 5.15. The Labute approximate surface area is 129 Å². The standard InChI is InChI=1S/C15H18N2O4S/c1-9-7-10(2)15(22(18,19)20)11(3)14(9)13-8-12(21-4)5-6-17(13)16/h5-8H,16H2,1-4H3. The largest absolute Gasteiger partial charge is 0.744 e. The van der Waals surface area contributed by atoms with Gasteiger partial charge in [-0.3, -0.25) is 0 Å². The third kappa shape index (κ3) is 2.77. The number of nitrogen functional groups attached to an aromatic ring is 1. The SMILES string of the molecule is COc1cc[n+](N)c(-c2c(C)cc(C)c(S(=O)(=O)[O-])c2C)c1. The summed E-state index contributed by atoms with van der Waals surface area (Å²) in [5.74, 6) is 6.53. The Kier molecular flexibility index (Phi) is 4.12. The van der Waals surface area contributed by atoms with Crippen molar-refractivity contribution < 1.29 is 22.4 Å². The Morgan fingerprint density at radius 1 is 1.18 bits per heavy atom. The maximum absolute atomic E-state index is 11.6. The van der Waals surface area contributed by atoms with E-state index in [0.29, 0.717) is 28.1 Å². The van der Waals surface area contributed by atoms with Crippen molar-refractivity contribution in [3.05, 3.63) is 41.1 Å². The molecule has 118 valence electrons. The quantitative estimate of drug-likeness (QED) is 0.520. The van der Waals surface area contributed by atoms with Crippen LogP contribution >= 0.6 is 0 Å².